The lowest BCUT2D eigenvalue weighted by Gasteiger charge is -2.29. The summed E-state index contributed by atoms with van der Waals surface area (Å²) in [5, 5.41) is 3.78. The molecular weight excluding hydrogens is 248 g/mol. The maximum absolute atomic E-state index is 5.44. The summed E-state index contributed by atoms with van der Waals surface area (Å²) in [4.78, 5) is 4.12. The Morgan fingerprint density at radius 1 is 0.950 bits per heavy atom. The van der Waals surface area contributed by atoms with Crippen LogP contribution < -0.4 is 5.32 Å². The minimum atomic E-state index is 0.224. The minimum Gasteiger partial charge on any atom is -0.381 e. The normalized spacial score (nSPS) is 17.8. The summed E-state index contributed by atoms with van der Waals surface area (Å²) in [6.07, 6.45) is 5.87. The van der Waals surface area contributed by atoms with E-state index >= 15 is 0 Å². The van der Waals surface area contributed by atoms with Gasteiger partial charge in [0.05, 0.1) is 6.04 Å². The van der Waals surface area contributed by atoms with E-state index in [1.54, 1.807) is 0 Å². The van der Waals surface area contributed by atoms with Gasteiger partial charge in [0.1, 0.15) is 0 Å². The van der Waals surface area contributed by atoms with Gasteiger partial charge in [0.25, 0.3) is 0 Å². The molecule has 1 aliphatic heterocycles. The van der Waals surface area contributed by atoms with Gasteiger partial charge >= 0.3 is 0 Å². The molecule has 1 unspecified atom stereocenters. The van der Waals surface area contributed by atoms with E-state index in [9.17, 15) is 0 Å². The van der Waals surface area contributed by atoms with Gasteiger partial charge in [-0.1, -0.05) is 30.3 Å². The van der Waals surface area contributed by atoms with Gasteiger partial charge in [0, 0.05) is 31.6 Å². The van der Waals surface area contributed by atoms with Gasteiger partial charge in [-0.25, -0.2) is 0 Å². The number of aromatic nitrogens is 1. The highest BCUT2D eigenvalue weighted by Crippen LogP contribution is 2.23. The molecule has 1 N–H and O–H groups in total. The van der Waals surface area contributed by atoms with Crippen LogP contribution in [0, 0.1) is 0 Å². The molecule has 1 aromatic carbocycles. The lowest BCUT2D eigenvalue weighted by atomic mass is 9.97. The fraction of sp³-hybridized carbons (Fsp3) is 0.353. The number of nitrogens with one attached hydrogen (secondary N) is 1. The van der Waals surface area contributed by atoms with Crippen molar-refractivity contribution in [2.45, 2.75) is 24.9 Å². The summed E-state index contributed by atoms with van der Waals surface area (Å²) in [7, 11) is 0. The fourth-order valence-corrected chi connectivity index (χ4v) is 2.69. The van der Waals surface area contributed by atoms with Crippen molar-refractivity contribution in [3.05, 3.63) is 66.0 Å². The number of nitrogens with zero attached hydrogens (tertiary/aromatic N) is 1. The topological polar surface area (TPSA) is 34.1 Å². The fourth-order valence-electron chi connectivity index (χ4n) is 2.69. The summed E-state index contributed by atoms with van der Waals surface area (Å²) in [6, 6.07) is 15.5. The first-order chi connectivity index (χ1) is 9.93. The van der Waals surface area contributed by atoms with Crippen molar-refractivity contribution in [2.75, 3.05) is 13.2 Å². The number of hydrogen-bond donors (Lipinski definition) is 1. The van der Waals surface area contributed by atoms with Crippen LogP contribution in [0.3, 0.4) is 0 Å². The van der Waals surface area contributed by atoms with Crippen LogP contribution in [0.25, 0.3) is 0 Å². The van der Waals surface area contributed by atoms with Crippen molar-refractivity contribution in [2.24, 2.45) is 0 Å². The van der Waals surface area contributed by atoms with Crippen molar-refractivity contribution in [1.82, 2.24) is 10.3 Å². The highest BCUT2D eigenvalue weighted by atomic mass is 16.5. The van der Waals surface area contributed by atoms with Crippen molar-refractivity contribution >= 4 is 0 Å². The number of pyridine rings is 1. The van der Waals surface area contributed by atoms with Gasteiger partial charge in [0.15, 0.2) is 0 Å². The summed E-state index contributed by atoms with van der Waals surface area (Å²) >= 11 is 0. The molecular formula is C17H20N2O. The van der Waals surface area contributed by atoms with E-state index in [1.165, 1.54) is 11.1 Å². The molecule has 1 aliphatic rings. The Morgan fingerprint density at radius 2 is 1.60 bits per heavy atom. The van der Waals surface area contributed by atoms with Crippen LogP contribution in [0.4, 0.5) is 0 Å². The third-order valence-corrected chi connectivity index (χ3v) is 3.80. The third-order valence-electron chi connectivity index (χ3n) is 3.80. The SMILES string of the molecule is c1ccc(C(NC2CCOCC2)c2ccncc2)cc1. The van der Waals surface area contributed by atoms with E-state index in [0.717, 1.165) is 26.1 Å². The first-order valence-corrected chi connectivity index (χ1v) is 7.22. The molecule has 0 radical (unpaired) electrons. The molecule has 2 heterocycles. The van der Waals surface area contributed by atoms with E-state index in [1.807, 2.05) is 12.4 Å². The minimum absolute atomic E-state index is 0.224. The zero-order chi connectivity index (χ0) is 13.6. The first kappa shape index (κ1) is 13.3. The average Bonchev–Trinajstić information content (AvgIpc) is 2.55. The largest absolute Gasteiger partial charge is 0.381 e. The highest BCUT2D eigenvalue weighted by Gasteiger charge is 2.20. The molecule has 20 heavy (non-hydrogen) atoms. The third kappa shape index (κ3) is 3.24. The Labute approximate surface area is 120 Å². The lowest BCUT2D eigenvalue weighted by Crippen LogP contribution is -2.37. The molecule has 3 nitrogen and oxygen atoms in total. The Balaban J connectivity index is 1.83. The van der Waals surface area contributed by atoms with Crippen molar-refractivity contribution in [3.8, 4) is 0 Å². The molecule has 104 valence electrons. The van der Waals surface area contributed by atoms with Gasteiger partial charge in [-0.2, -0.15) is 0 Å². The maximum atomic E-state index is 5.44. The monoisotopic (exact) mass is 268 g/mol. The average molecular weight is 268 g/mol. The molecule has 0 amide bonds. The molecule has 0 aliphatic carbocycles. The van der Waals surface area contributed by atoms with Crippen molar-refractivity contribution < 1.29 is 4.74 Å². The summed E-state index contributed by atoms with van der Waals surface area (Å²) in [6.45, 7) is 1.71. The van der Waals surface area contributed by atoms with Crippen LogP contribution >= 0.6 is 0 Å². The number of benzene rings is 1. The van der Waals surface area contributed by atoms with Crippen LogP contribution in [0.15, 0.2) is 54.9 Å². The molecule has 1 atom stereocenters. The zero-order valence-corrected chi connectivity index (χ0v) is 11.5. The van der Waals surface area contributed by atoms with E-state index in [2.05, 4.69) is 52.8 Å². The second-order valence-electron chi connectivity index (χ2n) is 5.18. The summed E-state index contributed by atoms with van der Waals surface area (Å²) in [5.74, 6) is 0. The van der Waals surface area contributed by atoms with Crippen LogP contribution in [0.2, 0.25) is 0 Å². The number of hydrogen-bond acceptors (Lipinski definition) is 3. The molecule has 3 heteroatoms. The predicted molar refractivity (Wildman–Crippen MR) is 79.5 cm³/mol. The Bertz CT molecular complexity index is 470. The molecule has 1 fully saturated rings. The predicted octanol–water partition coefficient (Wildman–Crippen LogP) is 2.94. The molecule has 0 bridgehead atoms. The molecule has 3 rings (SSSR count). The van der Waals surface area contributed by atoms with Crippen molar-refractivity contribution in [3.63, 3.8) is 0 Å². The van der Waals surface area contributed by atoms with Gasteiger partial charge in [0.2, 0.25) is 0 Å². The van der Waals surface area contributed by atoms with Gasteiger partial charge in [-0.3, -0.25) is 4.98 Å². The van der Waals surface area contributed by atoms with Crippen LogP contribution in [0.1, 0.15) is 30.0 Å². The smallest absolute Gasteiger partial charge is 0.0579 e. The van der Waals surface area contributed by atoms with Gasteiger partial charge in [-0.15, -0.1) is 0 Å². The van der Waals surface area contributed by atoms with Crippen molar-refractivity contribution in [1.29, 1.82) is 0 Å². The van der Waals surface area contributed by atoms with Crippen LogP contribution in [0.5, 0.6) is 0 Å². The maximum Gasteiger partial charge on any atom is 0.0579 e. The van der Waals surface area contributed by atoms with E-state index in [4.69, 9.17) is 4.74 Å². The van der Waals surface area contributed by atoms with Gasteiger partial charge < -0.3 is 10.1 Å². The molecule has 0 saturated carbocycles. The standard InChI is InChI=1S/C17H20N2O/c1-2-4-14(5-3-1)17(15-6-10-18-11-7-15)19-16-8-12-20-13-9-16/h1-7,10-11,16-17,19H,8-9,12-13H2. The van der Waals surface area contributed by atoms with Crippen LogP contribution in [-0.2, 0) is 4.74 Å². The molecule has 2 aromatic rings. The van der Waals surface area contributed by atoms with Crippen LogP contribution in [-0.4, -0.2) is 24.2 Å². The quantitative estimate of drug-likeness (QED) is 0.925. The van der Waals surface area contributed by atoms with E-state index in [-0.39, 0.29) is 6.04 Å². The zero-order valence-electron chi connectivity index (χ0n) is 11.5. The summed E-state index contributed by atoms with van der Waals surface area (Å²) < 4.78 is 5.44. The number of ether oxygens (including phenoxy) is 1. The van der Waals surface area contributed by atoms with Gasteiger partial charge in [-0.05, 0) is 36.1 Å². The second kappa shape index (κ2) is 6.64. The summed E-state index contributed by atoms with van der Waals surface area (Å²) in [5.41, 5.74) is 2.56. The Hall–Kier alpha value is -1.71. The highest BCUT2D eigenvalue weighted by molar-refractivity contribution is 5.30. The first-order valence-electron chi connectivity index (χ1n) is 7.22. The molecule has 0 spiro atoms. The molecule has 1 aromatic heterocycles. The van der Waals surface area contributed by atoms with E-state index in [0.29, 0.717) is 6.04 Å². The number of rotatable bonds is 4. The Morgan fingerprint density at radius 3 is 2.30 bits per heavy atom. The van der Waals surface area contributed by atoms with E-state index < -0.39 is 0 Å². The lowest BCUT2D eigenvalue weighted by molar-refractivity contribution is 0.0761. The molecule has 1 saturated heterocycles. The Kier molecular flexibility index (Phi) is 4.41. The second-order valence-corrected chi connectivity index (χ2v) is 5.18.